The Morgan fingerprint density at radius 2 is 1.96 bits per heavy atom. The number of pyridine rings is 1. The van der Waals surface area contributed by atoms with Crippen LogP contribution in [0.1, 0.15) is 51.9 Å². The molecule has 0 bridgehead atoms. The van der Waals surface area contributed by atoms with Crippen molar-refractivity contribution in [2.24, 2.45) is 0 Å². The van der Waals surface area contributed by atoms with Crippen LogP contribution in [-0.2, 0) is 12.1 Å². The summed E-state index contributed by atoms with van der Waals surface area (Å²) in [5.41, 5.74) is 1.89. The van der Waals surface area contributed by atoms with Crippen molar-refractivity contribution in [3.63, 3.8) is 0 Å². The van der Waals surface area contributed by atoms with Gasteiger partial charge in [0.05, 0.1) is 29.7 Å². The molecule has 0 unspecified atom stereocenters. The van der Waals surface area contributed by atoms with E-state index < -0.39 is 0 Å². The van der Waals surface area contributed by atoms with Gasteiger partial charge >= 0.3 is 0 Å². The second-order valence-electron chi connectivity index (χ2n) is 7.31. The van der Waals surface area contributed by atoms with Crippen LogP contribution in [0.2, 0.25) is 0 Å². The molecule has 0 radical (unpaired) electrons. The van der Waals surface area contributed by atoms with Crippen molar-refractivity contribution < 1.29 is 0 Å². The normalized spacial score (nSPS) is 12.2. The van der Waals surface area contributed by atoms with E-state index in [2.05, 4.69) is 29.0 Å². The number of fused-ring (bicyclic) bond motifs is 1. The summed E-state index contributed by atoms with van der Waals surface area (Å²) in [5, 5.41) is 9.90. The fourth-order valence-corrected chi connectivity index (χ4v) is 2.78. The molecule has 0 fully saturated rings. The molecule has 3 rings (SSSR count). The van der Waals surface area contributed by atoms with Crippen LogP contribution in [-0.4, -0.2) is 24.5 Å². The molecule has 6 nitrogen and oxygen atoms in total. The average Bonchev–Trinajstić information content (AvgIpc) is 2.96. The summed E-state index contributed by atoms with van der Waals surface area (Å²) in [6, 6.07) is 5.67. The van der Waals surface area contributed by atoms with Crippen LogP contribution in [0.3, 0.4) is 0 Å². The van der Waals surface area contributed by atoms with Crippen LogP contribution in [0.15, 0.2) is 35.4 Å². The van der Waals surface area contributed by atoms with Gasteiger partial charge in [-0.15, -0.1) is 0 Å². The quantitative estimate of drug-likeness (QED) is 0.742. The lowest BCUT2D eigenvalue weighted by molar-refractivity contribution is 0.366. The van der Waals surface area contributed by atoms with E-state index in [4.69, 9.17) is 0 Å². The number of hydrogen-bond acceptors (Lipinski definition) is 4. The number of aromatic nitrogens is 5. The summed E-state index contributed by atoms with van der Waals surface area (Å²) >= 11 is 0. The van der Waals surface area contributed by atoms with Gasteiger partial charge in [-0.05, 0) is 38.8 Å². The topological polar surface area (TPSA) is 65.6 Å². The maximum atomic E-state index is 13.0. The molecule has 0 saturated heterocycles. The van der Waals surface area contributed by atoms with E-state index in [0.717, 1.165) is 16.8 Å². The molecule has 3 aromatic rings. The SMILES string of the molecule is CC(C)c1nn(Cc2ccccn2)c(=O)c2c1cnn2C(C)(C)C. The zero-order valence-electron chi connectivity index (χ0n) is 14.8. The zero-order valence-corrected chi connectivity index (χ0v) is 14.8. The van der Waals surface area contributed by atoms with Gasteiger partial charge in [0.1, 0.15) is 5.52 Å². The lowest BCUT2D eigenvalue weighted by Gasteiger charge is -2.21. The highest BCUT2D eigenvalue weighted by Gasteiger charge is 2.23. The smallest absolute Gasteiger partial charge is 0.265 e. The Labute approximate surface area is 141 Å². The summed E-state index contributed by atoms with van der Waals surface area (Å²) in [5.74, 6) is 0.195. The third kappa shape index (κ3) is 2.84. The van der Waals surface area contributed by atoms with Crippen molar-refractivity contribution in [2.75, 3.05) is 0 Å². The van der Waals surface area contributed by atoms with Gasteiger partial charge < -0.3 is 0 Å². The van der Waals surface area contributed by atoms with E-state index in [0.29, 0.717) is 12.1 Å². The van der Waals surface area contributed by atoms with Crippen molar-refractivity contribution in [2.45, 2.75) is 52.6 Å². The van der Waals surface area contributed by atoms with Crippen molar-refractivity contribution in [1.29, 1.82) is 0 Å². The minimum Gasteiger partial charge on any atom is -0.265 e. The molecule has 0 aromatic carbocycles. The highest BCUT2D eigenvalue weighted by molar-refractivity contribution is 5.80. The summed E-state index contributed by atoms with van der Waals surface area (Å²) in [7, 11) is 0. The van der Waals surface area contributed by atoms with Crippen molar-refractivity contribution in [3.05, 3.63) is 52.3 Å². The molecular weight excluding hydrogens is 302 g/mol. The summed E-state index contributed by atoms with van der Waals surface area (Å²) < 4.78 is 3.30. The Hall–Kier alpha value is -2.50. The van der Waals surface area contributed by atoms with Crippen LogP contribution in [0.5, 0.6) is 0 Å². The molecular formula is C18H23N5O. The second kappa shape index (κ2) is 5.85. The third-order valence-electron chi connectivity index (χ3n) is 3.93. The Kier molecular flexibility index (Phi) is 3.99. The van der Waals surface area contributed by atoms with Crippen molar-refractivity contribution >= 4 is 10.9 Å². The lowest BCUT2D eigenvalue weighted by atomic mass is 10.1. The van der Waals surface area contributed by atoms with E-state index in [9.17, 15) is 4.79 Å². The van der Waals surface area contributed by atoms with Crippen LogP contribution >= 0.6 is 0 Å². The first kappa shape index (κ1) is 16.4. The van der Waals surface area contributed by atoms with E-state index in [1.807, 2.05) is 39.0 Å². The van der Waals surface area contributed by atoms with Gasteiger partial charge in [-0.3, -0.25) is 14.5 Å². The molecule has 6 heteroatoms. The van der Waals surface area contributed by atoms with Crippen LogP contribution in [0.25, 0.3) is 10.9 Å². The van der Waals surface area contributed by atoms with Crippen LogP contribution in [0.4, 0.5) is 0 Å². The summed E-state index contributed by atoms with van der Waals surface area (Å²) in [4.78, 5) is 17.4. The standard InChI is InChI=1S/C18H23N5O/c1-12(2)15-14-10-20-23(18(3,4)5)16(14)17(24)22(21-15)11-13-8-6-7-9-19-13/h6-10,12H,11H2,1-5H3. The van der Waals surface area contributed by atoms with Gasteiger partial charge in [0.2, 0.25) is 0 Å². The Morgan fingerprint density at radius 3 is 2.54 bits per heavy atom. The highest BCUT2D eigenvalue weighted by Crippen LogP contribution is 2.24. The molecule has 0 N–H and O–H groups in total. The van der Waals surface area contributed by atoms with Crippen molar-refractivity contribution in [3.8, 4) is 0 Å². The van der Waals surface area contributed by atoms with Crippen LogP contribution < -0.4 is 5.56 Å². The molecule has 3 heterocycles. The summed E-state index contributed by atoms with van der Waals surface area (Å²) in [6.07, 6.45) is 3.48. The fraction of sp³-hybridized carbons (Fsp3) is 0.444. The predicted octanol–water partition coefficient (Wildman–Crippen LogP) is 2.91. The first-order valence-corrected chi connectivity index (χ1v) is 8.18. The molecule has 0 aliphatic heterocycles. The van der Waals surface area contributed by atoms with Gasteiger partial charge in [0.25, 0.3) is 5.56 Å². The Balaban J connectivity index is 2.27. The number of hydrogen-bond donors (Lipinski definition) is 0. The molecule has 126 valence electrons. The molecule has 3 aromatic heterocycles. The molecule has 0 saturated carbocycles. The second-order valence-corrected chi connectivity index (χ2v) is 7.31. The van der Waals surface area contributed by atoms with E-state index in [-0.39, 0.29) is 17.0 Å². The van der Waals surface area contributed by atoms with Gasteiger partial charge in [-0.25, -0.2) is 4.68 Å². The third-order valence-corrected chi connectivity index (χ3v) is 3.93. The zero-order chi connectivity index (χ0) is 17.5. The fourth-order valence-electron chi connectivity index (χ4n) is 2.78. The maximum Gasteiger partial charge on any atom is 0.293 e. The lowest BCUT2D eigenvalue weighted by Crippen LogP contribution is -2.31. The molecule has 0 atom stereocenters. The molecule has 0 amide bonds. The van der Waals surface area contributed by atoms with E-state index in [1.54, 1.807) is 17.1 Å². The van der Waals surface area contributed by atoms with E-state index in [1.165, 1.54) is 4.68 Å². The summed E-state index contributed by atoms with van der Waals surface area (Å²) in [6.45, 7) is 10.6. The first-order valence-electron chi connectivity index (χ1n) is 8.18. The minimum atomic E-state index is -0.278. The average molecular weight is 325 g/mol. The van der Waals surface area contributed by atoms with Gasteiger partial charge in [0.15, 0.2) is 0 Å². The van der Waals surface area contributed by atoms with Crippen LogP contribution in [0, 0.1) is 0 Å². The molecule has 0 aliphatic carbocycles. The van der Waals surface area contributed by atoms with Gasteiger partial charge in [-0.2, -0.15) is 10.2 Å². The maximum absolute atomic E-state index is 13.0. The predicted molar refractivity (Wildman–Crippen MR) is 94.2 cm³/mol. The Bertz CT molecular complexity index is 916. The first-order chi connectivity index (χ1) is 11.3. The molecule has 0 spiro atoms. The minimum absolute atomic E-state index is 0.132. The highest BCUT2D eigenvalue weighted by atomic mass is 16.1. The Morgan fingerprint density at radius 1 is 1.21 bits per heavy atom. The van der Waals surface area contributed by atoms with Gasteiger partial charge in [0, 0.05) is 11.6 Å². The van der Waals surface area contributed by atoms with Gasteiger partial charge in [-0.1, -0.05) is 19.9 Å². The molecule has 24 heavy (non-hydrogen) atoms. The number of rotatable bonds is 3. The molecule has 0 aliphatic rings. The largest absolute Gasteiger partial charge is 0.293 e. The monoisotopic (exact) mass is 325 g/mol. The van der Waals surface area contributed by atoms with Crippen molar-refractivity contribution in [1.82, 2.24) is 24.5 Å². The van der Waals surface area contributed by atoms with E-state index >= 15 is 0 Å². The number of nitrogens with zero attached hydrogens (tertiary/aromatic N) is 5.